The van der Waals surface area contributed by atoms with Gasteiger partial charge in [0.15, 0.2) is 0 Å². The summed E-state index contributed by atoms with van der Waals surface area (Å²) in [6, 6.07) is 0. The van der Waals surface area contributed by atoms with Crippen molar-refractivity contribution < 1.29 is 105 Å². The topological polar surface area (TPSA) is 109 Å². The van der Waals surface area contributed by atoms with Crippen LogP contribution in [-0.2, 0) is 20.2 Å². The lowest BCUT2D eigenvalue weighted by molar-refractivity contribution is -0.455. The van der Waals surface area contributed by atoms with Crippen molar-refractivity contribution in [3.8, 4) is 0 Å². The second-order valence-electron chi connectivity index (χ2n) is 6.00. The van der Waals surface area contributed by atoms with Gasteiger partial charge in [0.25, 0.3) is 0 Å². The van der Waals surface area contributed by atoms with E-state index in [0.717, 1.165) is 0 Å². The summed E-state index contributed by atoms with van der Waals surface area (Å²) in [4.78, 5) is 0. The van der Waals surface area contributed by atoms with Crippen LogP contribution in [0.5, 0.6) is 0 Å². The molecule has 212 valence electrons. The third kappa shape index (κ3) is 3.88. The van der Waals surface area contributed by atoms with E-state index in [1.54, 1.807) is 0 Å². The van der Waals surface area contributed by atoms with Gasteiger partial charge in [-0.15, -0.1) is 0 Å². The molecule has 26 heteroatoms. The van der Waals surface area contributed by atoms with E-state index in [2.05, 4.69) is 0 Å². The molecule has 0 radical (unpaired) electrons. The van der Waals surface area contributed by atoms with E-state index in [1.165, 1.54) is 0 Å². The van der Waals surface area contributed by atoms with E-state index < -0.39 is 72.2 Å². The Bertz CT molecular complexity index is 962. The lowest BCUT2D eigenvalue weighted by Crippen LogP contribution is -2.76. The van der Waals surface area contributed by atoms with Gasteiger partial charge in [-0.2, -0.15) is 95.9 Å². The second kappa shape index (κ2) is 7.78. The summed E-state index contributed by atoms with van der Waals surface area (Å²) in [7, 11) is -16.1. The summed E-state index contributed by atoms with van der Waals surface area (Å²) in [5.41, 5.74) is 0. The molecule has 0 saturated carbocycles. The van der Waals surface area contributed by atoms with Gasteiger partial charge in [0.1, 0.15) is 0 Å². The summed E-state index contributed by atoms with van der Waals surface area (Å²) in [6.07, 6.45) is 0. The molecule has 6 nitrogen and oxygen atoms in total. The number of rotatable bonds is 10. The Kier molecular flexibility index (Phi) is 7.46. The molecule has 0 aromatic heterocycles. The van der Waals surface area contributed by atoms with E-state index in [1.807, 2.05) is 0 Å². The van der Waals surface area contributed by atoms with Crippen LogP contribution < -0.4 is 0 Å². The standard InChI is InChI=1S/C9H2F18O6S2/c10-1(11,2(12,13)4(16,17)6(20,21)8(24,25)34(28,29)30)3(14,15)5(18,19)7(22,23)9(26,27)35(31,32)33/h(H,28,29,30)(H,31,32,33). The Labute approximate surface area is 178 Å². The molecule has 0 rings (SSSR count). The maximum atomic E-state index is 13.4. The Morgan fingerprint density at radius 3 is 0.543 bits per heavy atom. The average molecular weight is 612 g/mol. The van der Waals surface area contributed by atoms with Crippen LogP contribution in [0.25, 0.3) is 0 Å². The first-order valence-corrected chi connectivity index (χ1v) is 9.72. The molecular formula is C9H2F18O6S2. The minimum atomic E-state index is -9.29. The highest BCUT2D eigenvalue weighted by molar-refractivity contribution is 7.87. The number of hydrogen-bond donors (Lipinski definition) is 2. The Hall–Kier alpha value is -1.44. The van der Waals surface area contributed by atoms with Crippen LogP contribution in [-0.4, -0.2) is 77.9 Å². The van der Waals surface area contributed by atoms with Gasteiger partial charge in [0, 0.05) is 0 Å². The van der Waals surface area contributed by atoms with Crippen LogP contribution >= 0.6 is 0 Å². The smallest absolute Gasteiger partial charge is 0.281 e. The third-order valence-corrected chi connectivity index (χ3v) is 5.55. The molecule has 0 aliphatic heterocycles. The van der Waals surface area contributed by atoms with E-state index in [9.17, 15) is 95.9 Å². The van der Waals surface area contributed by atoms with Gasteiger partial charge in [-0.1, -0.05) is 0 Å². The normalized spacial score (nSPS) is 17.0. The first-order valence-electron chi connectivity index (χ1n) is 6.84. The van der Waals surface area contributed by atoms with Crippen molar-refractivity contribution >= 4 is 20.2 Å². The van der Waals surface area contributed by atoms with Crippen molar-refractivity contribution in [2.75, 3.05) is 0 Å². The van der Waals surface area contributed by atoms with Crippen LogP contribution in [0.1, 0.15) is 0 Å². The number of hydrogen-bond acceptors (Lipinski definition) is 4. The molecule has 0 spiro atoms. The molecule has 0 aromatic carbocycles. The Balaban J connectivity index is 7.27. The molecule has 0 aromatic rings. The van der Waals surface area contributed by atoms with Gasteiger partial charge in [-0.05, 0) is 0 Å². The van der Waals surface area contributed by atoms with Gasteiger partial charge >= 0.3 is 72.2 Å². The van der Waals surface area contributed by atoms with Gasteiger partial charge in [0.05, 0.1) is 0 Å². The molecule has 0 aliphatic carbocycles. The maximum Gasteiger partial charge on any atom is 0.438 e. The highest BCUT2D eigenvalue weighted by Gasteiger charge is 2.98. The molecule has 0 fully saturated rings. The van der Waals surface area contributed by atoms with E-state index >= 15 is 0 Å². The van der Waals surface area contributed by atoms with Gasteiger partial charge in [-0.25, -0.2) is 0 Å². The van der Waals surface area contributed by atoms with Gasteiger partial charge < -0.3 is 0 Å². The summed E-state index contributed by atoms with van der Waals surface area (Å²) in [5, 5.41) is -16.1. The average Bonchev–Trinajstić information content (AvgIpc) is 2.58. The molecule has 0 saturated heterocycles. The van der Waals surface area contributed by atoms with Crippen molar-refractivity contribution in [3.05, 3.63) is 0 Å². The lowest BCUT2D eigenvalue weighted by atomic mass is 9.89. The zero-order chi connectivity index (χ0) is 29.5. The fraction of sp³-hybridized carbons (Fsp3) is 1.00. The molecule has 0 atom stereocenters. The SMILES string of the molecule is O=S(=O)(O)C(F)(F)C(F)(F)C(F)(F)C(F)(F)C(F)(F)C(F)(F)C(F)(F)C(F)(F)C(F)(F)S(=O)(=O)O. The van der Waals surface area contributed by atoms with Crippen molar-refractivity contribution in [1.82, 2.24) is 0 Å². The summed E-state index contributed by atoms with van der Waals surface area (Å²) in [5.74, 6) is -63.2. The third-order valence-electron chi connectivity index (χ3n) is 3.75. The minimum absolute atomic E-state index is 7.72. The molecule has 0 amide bonds. The molecule has 0 heterocycles. The van der Waals surface area contributed by atoms with Crippen molar-refractivity contribution in [3.63, 3.8) is 0 Å². The van der Waals surface area contributed by atoms with Crippen LogP contribution in [0.3, 0.4) is 0 Å². The van der Waals surface area contributed by atoms with E-state index in [4.69, 9.17) is 9.11 Å². The molecule has 35 heavy (non-hydrogen) atoms. The highest BCUT2D eigenvalue weighted by Crippen LogP contribution is 2.65. The van der Waals surface area contributed by atoms with Crippen molar-refractivity contribution in [1.29, 1.82) is 0 Å². The minimum Gasteiger partial charge on any atom is -0.281 e. The van der Waals surface area contributed by atoms with Crippen LogP contribution in [0.15, 0.2) is 0 Å². The summed E-state index contributed by atoms with van der Waals surface area (Å²) < 4.78 is 292. The fourth-order valence-electron chi connectivity index (χ4n) is 1.68. The quantitative estimate of drug-likeness (QED) is 0.280. The largest absolute Gasteiger partial charge is 0.438 e. The first-order chi connectivity index (χ1) is 14.5. The molecular weight excluding hydrogens is 610 g/mol. The van der Waals surface area contributed by atoms with Crippen LogP contribution in [0.2, 0.25) is 0 Å². The van der Waals surface area contributed by atoms with E-state index in [0.29, 0.717) is 0 Å². The van der Waals surface area contributed by atoms with Crippen molar-refractivity contribution in [2.24, 2.45) is 0 Å². The monoisotopic (exact) mass is 612 g/mol. The van der Waals surface area contributed by atoms with E-state index in [-0.39, 0.29) is 0 Å². The maximum absolute atomic E-state index is 13.4. The summed E-state index contributed by atoms with van der Waals surface area (Å²) in [6.45, 7) is 0. The second-order valence-corrected chi connectivity index (χ2v) is 8.93. The number of halogens is 18. The fourth-order valence-corrected chi connectivity index (χ4v) is 2.58. The predicted molar refractivity (Wildman–Crippen MR) is 67.6 cm³/mol. The summed E-state index contributed by atoms with van der Waals surface area (Å²) >= 11 is 0. The first kappa shape index (κ1) is 33.6. The highest BCUT2D eigenvalue weighted by atomic mass is 32.2. The molecule has 2 N–H and O–H groups in total. The predicted octanol–water partition coefficient (Wildman–Crippen LogP) is 4.39. The van der Waals surface area contributed by atoms with Gasteiger partial charge in [0.2, 0.25) is 0 Å². The lowest BCUT2D eigenvalue weighted by Gasteiger charge is -2.43. The van der Waals surface area contributed by atoms with Crippen molar-refractivity contribution in [2.45, 2.75) is 52.0 Å². The number of alkyl halides is 18. The zero-order valence-corrected chi connectivity index (χ0v) is 16.3. The molecule has 0 bridgehead atoms. The molecule has 0 unspecified atom stereocenters. The van der Waals surface area contributed by atoms with Gasteiger partial charge in [-0.3, -0.25) is 9.11 Å². The van der Waals surface area contributed by atoms with Crippen LogP contribution in [0, 0.1) is 0 Å². The molecule has 0 aliphatic rings. The Morgan fingerprint density at radius 1 is 0.314 bits per heavy atom. The van der Waals surface area contributed by atoms with Crippen LogP contribution in [0.4, 0.5) is 79.0 Å². The Morgan fingerprint density at radius 2 is 0.429 bits per heavy atom. The zero-order valence-electron chi connectivity index (χ0n) is 14.6.